The highest BCUT2D eigenvalue weighted by Crippen LogP contribution is 2.29. The third-order valence-electron chi connectivity index (χ3n) is 3.46. The minimum Gasteiger partial charge on any atom is -0.351 e. The van der Waals surface area contributed by atoms with Gasteiger partial charge in [-0.3, -0.25) is 14.6 Å². The smallest absolute Gasteiger partial charge is 0.269 e. The Hall–Kier alpha value is -2.11. The molecule has 0 aliphatic heterocycles. The van der Waals surface area contributed by atoms with Crippen LogP contribution >= 0.6 is 23.2 Å². The molecule has 0 saturated heterocycles. The zero-order chi connectivity index (χ0) is 18.4. The van der Waals surface area contributed by atoms with Crippen molar-refractivity contribution in [2.24, 2.45) is 5.92 Å². The third-order valence-corrected chi connectivity index (χ3v) is 4.28. The first-order valence-corrected chi connectivity index (χ1v) is 8.63. The van der Waals surface area contributed by atoms with Crippen LogP contribution < -0.4 is 10.6 Å². The zero-order valence-electron chi connectivity index (χ0n) is 14.0. The lowest BCUT2D eigenvalue weighted by molar-refractivity contribution is 0.0947. The van der Waals surface area contributed by atoms with Crippen LogP contribution in [0.15, 0.2) is 36.5 Å². The van der Waals surface area contributed by atoms with Crippen LogP contribution in [0.5, 0.6) is 0 Å². The number of aromatic nitrogens is 1. The molecule has 7 heteroatoms. The van der Waals surface area contributed by atoms with E-state index < -0.39 is 5.91 Å². The molecule has 1 aromatic carbocycles. The van der Waals surface area contributed by atoms with E-state index in [-0.39, 0.29) is 16.6 Å². The lowest BCUT2D eigenvalue weighted by atomic mass is 10.1. The Labute approximate surface area is 156 Å². The first-order valence-electron chi connectivity index (χ1n) is 7.88. The van der Waals surface area contributed by atoms with Crippen LogP contribution in [-0.2, 0) is 0 Å². The van der Waals surface area contributed by atoms with E-state index in [9.17, 15) is 9.59 Å². The number of carbonyl (C=O) groups is 2. The number of carbonyl (C=O) groups excluding carboxylic acids is 2. The second-order valence-electron chi connectivity index (χ2n) is 5.92. The van der Waals surface area contributed by atoms with E-state index >= 15 is 0 Å². The van der Waals surface area contributed by atoms with Crippen LogP contribution in [0.2, 0.25) is 10.0 Å². The Balaban J connectivity index is 2.08. The average Bonchev–Trinajstić information content (AvgIpc) is 2.58. The standard InChI is InChI=1S/C18H19Cl2N3O2/c1-11(2)6-8-22-18(25)15-10-12(7-9-21-15)17(24)23-14-5-3-4-13(19)16(14)20/h3-5,7,9-11H,6,8H2,1-2H3,(H,22,25)(H,23,24). The summed E-state index contributed by atoms with van der Waals surface area (Å²) >= 11 is 12.0. The number of rotatable bonds is 6. The molecule has 0 aliphatic rings. The molecule has 0 saturated carbocycles. The van der Waals surface area contributed by atoms with Gasteiger partial charge in [-0.1, -0.05) is 43.1 Å². The first-order chi connectivity index (χ1) is 11.9. The monoisotopic (exact) mass is 379 g/mol. The fourth-order valence-corrected chi connectivity index (χ4v) is 2.40. The highest BCUT2D eigenvalue weighted by atomic mass is 35.5. The molecule has 0 atom stereocenters. The van der Waals surface area contributed by atoms with E-state index in [1.165, 1.54) is 18.3 Å². The van der Waals surface area contributed by atoms with Gasteiger partial charge >= 0.3 is 0 Å². The summed E-state index contributed by atoms with van der Waals surface area (Å²) in [6.45, 7) is 4.72. The molecule has 2 N–H and O–H groups in total. The van der Waals surface area contributed by atoms with E-state index in [1.807, 2.05) is 0 Å². The fraction of sp³-hybridized carbons (Fsp3) is 0.278. The number of pyridine rings is 1. The predicted molar refractivity (Wildman–Crippen MR) is 100 cm³/mol. The Morgan fingerprint density at radius 2 is 1.92 bits per heavy atom. The van der Waals surface area contributed by atoms with Crippen molar-refractivity contribution in [2.75, 3.05) is 11.9 Å². The predicted octanol–water partition coefficient (Wildman–Crippen LogP) is 4.42. The Kier molecular flexibility index (Phi) is 6.79. The molecule has 0 aliphatic carbocycles. The summed E-state index contributed by atoms with van der Waals surface area (Å²) in [6.07, 6.45) is 2.30. The van der Waals surface area contributed by atoms with Crippen molar-refractivity contribution < 1.29 is 9.59 Å². The molecular weight excluding hydrogens is 361 g/mol. The van der Waals surface area contributed by atoms with E-state index in [0.29, 0.717) is 28.7 Å². The number of nitrogens with zero attached hydrogens (tertiary/aromatic N) is 1. The maximum absolute atomic E-state index is 12.4. The molecule has 5 nitrogen and oxygen atoms in total. The molecule has 0 fully saturated rings. The highest BCUT2D eigenvalue weighted by Gasteiger charge is 2.14. The Morgan fingerprint density at radius 1 is 1.16 bits per heavy atom. The zero-order valence-corrected chi connectivity index (χ0v) is 15.5. The second kappa shape index (κ2) is 8.83. The fourth-order valence-electron chi connectivity index (χ4n) is 2.06. The molecule has 0 bridgehead atoms. The molecule has 2 rings (SSSR count). The van der Waals surface area contributed by atoms with Gasteiger partial charge < -0.3 is 10.6 Å². The topological polar surface area (TPSA) is 71.1 Å². The van der Waals surface area contributed by atoms with Gasteiger partial charge in [-0.05, 0) is 36.6 Å². The molecule has 1 aromatic heterocycles. The number of hydrogen-bond donors (Lipinski definition) is 2. The number of halogens is 2. The Morgan fingerprint density at radius 3 is 2.64 bits per heavy atom. The van der Waals surface area contributed by atoms with Gasteiger partial charge in [0.25, 0.3) is 11.8 Å². The Bertz CT molecular complexity index is 779. The highest BCUT2D eigenvalue weighted by molar-refractivity contribution is 6.44. The molecule has 1 heterocycles. The average molecular weight is 380 g/mol. The molecular formula is C18H19Cl2N3O2. The SMILES string of the molecule is CC(C)CCNC(=O)c1cc(C(=O)Nc2cccc(Cl)c2Cl)ccn1. The summed E-state index contributed by atoms with van der Waals surface area (Å²) in [7, 11) is 0. The van der Waals surface area contributed by atoms with Gasteiger partial charge in [0.1, 0.15) is 5.69 Å². The minimum absolute atomic E-state index is 0.189. The molecule has 0 radical (unpaired) electrons. The summed E-state index contributed by atoms with van der Waals surface area (Å²) in [5, 5.41) is 6.08. The minimum atomic E-state index is -0.400. The van der Waals surface area contributed by atoms with Crippen molar-refractivity contribution in [2.45, 2.75) is 20.3 Å². The molecule has 2 aromatic rings. The van der Waals surface area contributed by atoms with Crippen LogP contribution in [0.4, 0.5) is 5.69 Å². The summed E-state index contributed by atoms with van der Waals surface area (Å²) in [6, 6.07) is 7.93. The number of hydrogen-bond acceptors (Lipinski definition) is 3. The number of anilines is 1. The van der Waals surface area contributed by atoms with Crippen LogP contribution in [0.3, 0.4) is 0 Å². The summed E-state index contributed by atoms with van der Waals surface area (Å²) in [4.78, 5) is 28.5. The van der Waals surface area contributed by atoms with Crippen molar-refractivity contribution >= 4 is 40.7 Å². The van der Waals surface area contributed by atoms with Gasteiger partial charge in [0.2, 0.25) is 0 Å². The van der Waals surface area contributed by atoms with Gasteiger partial charge in [-0.15, -0.1) is 0 Å². The van der Waals surface area contributed by atoms with E-state index in [4.69, 9.17) is 23.2 Å². The van der Waals surface area contributed by atoms with Crippen molar-refractivity contribution in [1.29, 1.82) is 0 Å². The number of benzene rings is 1. The maximum Gasteiger partial charge on any atom is 0.269 e. The van der Waals surface area contributed by atoms with Gasteiger partial charge in [0.15, 0.2) is 0 Å². The van der Waals surface area contributed by atoms with Crippen molar-refractivity contribution in [1.82, 2.24) is 10.3 Å². The third kappa shape index (κ3) is 5.44. The summed E-state index contributed by atoms with van der Waals surface area (Å²) in [5.74, 6) is -0.216. The van der Waals surface area contributed by atoms with Crippen LogP contribution in [-0.4, -0.2) is 23.3 Å². The van der Waals surface area contributed by atoms with Gasteiger partial charge in [0, 0.05) is 18.3 Å². The summed E-state index contributed by atoms with van der Waals surface area (Å²) < 4.78 is 0. The van der Waals surface area contributed by atoms with Crippen LogP contribution in [0.1, 0.15) is 41.1 Å². The van der Waals surface area contributed by atoms with Gasteiger partial charge in [-0.25, -0.2) is 0 Å². The molecule has 132 valence electrons. The van der Waals surface area contributed by atoms with Crippen molar-refractivity contribution in [3.8, 4) is 0 Å². The van der Waals surface area contributed by atoms with E-state index in [0.717, 1.165) is 6.42 Å². The quantitative estimate of drug-likeness (QED) is 0.780. The molecule has 0 spiro atoms. The second-order valence-corrected chi connectivity index (χ2v) is 6.71. The summed E-state index contributed by atoms with van der Waals surface area (Å²) in [5.41, 5.74) is 0.896. The van der Waals surface area contributed by atoms with E-state index in [1.54, 1.807) is 18.2 Å². The van der Waals surface area contributed by atoms with E-state index in [2.05, 4.69) is 29.5 Å². The van der Waals surface area contributed by atoms with Crippen molar-refractivity contribution in [3.63, 3.8) is 0 Å². The van der Waals surface area contributed by atoms with Gasteiger partial charge in [-0.2, -0.15) is 0 Å². The molecule has 0 unspecified atom stereocenters. The number of nitrogens with one attached hydrogen (secondary N) is 2. The van der Waals surface area contributed by atoms with Crippen molar-refractivity contribution in [3.05, 3.63) is 57.8 Å². The lowest BCUT2D eigenvalue weighted by Gasteiger charge is -2.09. The van der Waals surface area contributed by atoms with Gasteiger partial charge in [0.05, 0.1) is 15.7 Å². The maximum atomic E-state index is 12.4. The molecule has 25 heavy (non-hydrogen) atoms. The number of amides is 2. The largest absolute Gasteiger partial charge is 0.351 e. The van der Waals surface area contributed by atoms with Crippen LogP contribution in [0.25, 0.3) is 0 Å². The lowest BCUT2D eigenvalue weighted by Crippen LogP contribution is -2.26. The first kappa shape index (κ1) is 19.2. The molecule has 2 amide bonds. The normalized spacial score (nSPS) is 10.6. The van der Waals surface area contributed by atoms with Crippen LogP contribution in [0, 0.1) is 5.92 Å².